The molecule has 0 radical (unpaired) electrons. The molecule has 1 unspecified atom stereocenters. The zero-order chi connectivity index (χ0) is 11.0. The minimum Gasteiger partial charge on any atom is -0.393 e. The third kappa shape index (κ3) is 7.17. The summed E-state index contributed by atoms with van der Waals surface area (Å²) in [4.78, 5) is 11.3. The zero-order valence-corrected chi connectivity index (χ0v) is 9.64. The van der Waals surface area contributed by atoms with E-state index >= 15 is 0 Å². The van der Waals surface area contributed by atoms with Crippen molar-refractivity contribution in [1.29, 1.82) is 0 Å². The molecule has 5 heteroatoms. The van der Waals surface area contributed by atoms with Crippen LogP contribution in [0.5, 0.6) is 0 Å². The maximum Gasteiger partial charge on any atom is 0.236 e. The minimum absolute atomic E-state index is 0.125. The van der Waals surface area contributed by atoms with Crippen LogP contribution >= 0.6 is 11.8 Å². The first-order valence-electron chi connectivity index (χ1n) is 4.78. The Labute approximate surface area is 89.6 Å². The Bertz CT molecular complexity index is 165. The van der Waals surface area contributed by atoms with Crippen molar-refractivity contribution < 1.29 is 9.90 Å². The van der Waals surface area contributed by atoms with Crippen LogP contribution in [0.25, 0.3) is 0 Å². The van der Waals surface area contributed by atoms with Crippen molar-refractivity contribution in [2.75, 3.05) is 18.6 Å². The van der Waals surface area contributed by atoms with Crippen LogP contribution < -0.4 is 11.1 Å². The van der Waals surface area contributed by atoms with Crippen LogP contribution in [0.1, 0.15) is 19.8 Å². The van der Waals surface area contributed by atoms with E-state index in [0.717, 1.165) is 5.75 Å². The molecule has 0 aromatic rings. The van der Waals surface area contributed by atoms with Crippen molar-refractivity contribution in [1.82, 2.24) is 5.32 Å². The van der Waals surface area contributed by atoms with E-state index in [9.17, 15) is 4.79 Å². The van der Waals surface area contributed by atoms with E-state index in [2.05, 4.69) is 5.32 Å². The number of amides is 1. The van der Waals surface area contributed by atoms with Gasteiger partial charge < -0.3 is 16.2 Å². The number of rotatable bonds is 7. The number of hydrogen-bond acceptors (Lipinski definition) is 4. The van der Waals surface area contributed by atoms with Crippen molar-refractivity contribution in [3.05, 3.63) is 0 Å². The molecule has 2 atom stereocenters. The summed E-state index contributed by atoms with van der Waals surface area (Å²) in [5, 5.41) is 11.6. The SMILES string of the molecule is CSCC[C@@H](N)C(=O)NCCC(C)O. The molecule has 0 spiro atoms. The fourth-order valence-corrected chi connectivity index (χ4v) is 1.40. The van der Waals surface area contributed by atoms with Gasteiger partial charge in [0.25, 0.3) is 0 Å². The lowest BCUT2D eigenvalue weighted by Crippen LogP contribution is -2.41. The Morgan fingerprint density at radius 2 is 2.21 bits per heavy atom. The molecule has 4 N–H and O–H groups in total. The summed E-state index contributed by atoms with van der Waals surface area (Å²) in [5.74, 6) is 0.769. The van der Waals surface area contributed by atoms with Gasteiger partial charge >= 0.3 is 0 Å². The first kappa shape index (κ1) is 13.7. The van der Waals surface area contributed by atoms with E-state index in [1.54, 1.807) is 18.7 Å². The summed E-state index contributed by atoms with van der Waals surface area (Å²) in [6.45, 7) is 2.18. The standard InChI is InChI=1S/C9H20N2O2S/c1-7(12)3-5-11-9(13)8(10)4-6-14-2/h7-8,12H,3-6,10H2,1-2H3,(H,11,13)/t7?,8-/m1/s1. The molecule has 0 saturated heterocycles. The van der Waals surface area contributed by atoms with Gasteiger partial charge in [-0.15, -0.1) is 0 Å². The maximum absolute atomic E-state index is 11.3. The number of aliphatic hydroxyl groups excluding tert-OH is 1. The second kappa shape index (κ2) is 8.08. The lowest BCUT2D eigenvalue weighted by atomic mass is 10.2. The summed E-state index contributed by atoms with van der Waals surface area (Å²) >= 11 is 1.68. The first-order valence-corrected chi connectivity index (χ1v) is 6.17. The van der Waals surface area contributed by atoms with Gasteiger partial charge in [0.15, 0.2) is 0 Å². The fraction of sp³-hybridized carbons (Fsp3) is 0.889. The Kier molecular flexibility index (Phi) is 7.93. The van der Waals surface area contributed by atoms with E-state index in [-0.39, 0.29) is 12.0 Å². The van der Waals surface area contributed by atoms with Crippen LogP contribution in [0.4, 0.5) is 0 Å². The molecule has 84 valence electrons. The fourth-order valence-electron chi connectivity index (χ4n) is 0.911. The predicted octanol–water partition coefficient (Wildman–Crippen LogP) is -0.0461. The van der Waals surface area contributed by atoms with Crippen molar-refractivity contribution in [3.63, 3.8) is 0 Å². The van der Waals surface area contributed by atoms with Gasteiger partial charge in [0.2, 0.25) is 5.91 Å². The molecule has 0 heterocycles. The van der Waals surface area contributed by atoms with Crippen LogP contribution in [-0.4, -0.2) is 41.7 Å². The number of aliphatic hydroxyl groups is 1. The van der Waals surface area contributed by atoms with Gasteiger partial charge in [-0.2, -0.15) is 11.8 Å². The highest BCUT2D eigenvalue weighted by Gasteiger charge is 2.11. The third-order valence-corrected chi connectivity index (χ3v) is 2.48. The highest BCUT2D eigenvalue weighted by Crippen LogP contribution is 1.98. The quantitative estimate of drug-likeness (QED) is 0.562. The molecule has 0 fully saturated rings. The van der Waals surface area contributed by atoms with Crippen LogP contribution in [0.15, 0.2) is 0 Å². The molecular formula is C9H20N2O2S. The Morgan fingerprint density at radius 1 is 1.57 bits per heavy atom. The third-order valence-electron chi connectivity index (χ3n) is 1.83. The maximum atomic E-state index is 11.3. The van der Waals surface area contributed by atoms with E-state index < -0.39 is 6.04 Å². The van der Waals surface area contributed by atoms with Crippen LogP contribution in [0, 0.1) is 0 Å². The lowest BCUT2D eigenvalue weighted by Gasteiger charge is -2.11. The number of nitrogens with one attached hydrogen (secondary N) is 1. The highest BCUT2D eigenvalue weighted by molar-refractivity contribution is 7.98. The Hall–Kier alpha value is -0.260. The molecule has 1 amide bonds. The number of thioether (sulfide) groups is 1. The van der Waals surface area contributed by atoms with E-state index in [0.29, 0.717) is 19.4 Å². The second-order valence-electron chi connectivity index (χ2n) is 3.32. The molecule has 0 aliphatic heterocycles. The summed E-state index contributed by atoms with van der Waals surface area (Å²) in [7, 11) is 0. The smallest absolute Gasteiger partial charge is 0.236 e. The monoisotopic (exact) mass is 220 g/mol. The average Bonchev–Trinajstić information content (AvgIpc) is 2.13. The number of carbonyl (C=O) groups excluding carboxylic acids is 1. The second-order valence-corrected chi connectivity index (χ2v) is 4.30. The Morgan fingerprint density at radius 3 is 2.71 bits per heavy atom. The minimum atomic E-state index is -0.420. The summed E-state index contributed by atoms with van der Waals surface area (Å²) < 4.78 is 0. The van der Waals surface area contributed by atoms with Gasteiger partial charge in [-0.3, -0.25) is 4.79 Å². The molecule has 0 rings (SSSR count). The van der Waals surface area contributed by atoms with Crippen LogP contribution in [-0.2, 0) is 4.79 Å². The van der Waals surface area contributed by atoms with Gasteiger partial charge in [-0.05, 0) is 31.8 Å². The van der Waals surface area contributed by atoms with Gasteiger partial charge in [0.05, 0.1) is 12.1 Å². The van der Waals surface area contributed by atoms with Crippen molar-refractivity contribution in [2.45, 2.75) is 31.9 Å². The van der Waals surface area contributed by atoms with Crippen LogP contribution in [0.3, 0.4) is 0 Å². The van der Waals surface area contributed by atoms with Crippen molar-refractivity contribution >= 4 is 17.7 Å². The normalized spacial score (nSPS) is 14.9. The van der Waals surface area contributed by atoms with E-state index in [4.69, 9.17) is 10.8 Å². The number of hydrogen-bond donors (Lipinski definition) is 3. The van der Waals surface area contributed by atoms with Crippen molar-refractivity contribution in [3.8, 4) is 0 Å². The summed E-state index contributed by atoms with van der Waals surface area (Å²) in [6, 6.07) is -0.420. The first-order chi connectivity index (χ1) is 6.57. The molecular weight excluding hydrogens is 200 g/mol. The number of carbonyl (C=O) groups is 1. The molecule has 14 heavy (non-hydrogen) atoms. The summed E-state index contributed by atoms with van der Waals surface area (Å²) in [5.41, 5.74) is 5.63. The molecule has 0 aliphatic carbocycles. The van der Waals surface area contributed by atoms with E-state index in [1.807, 2.05) is 6.26 Å². The van der Waals surface area contributed by atoms with E-state index in [1.165, 1.54) is 0 Å². The molecule has 0 aromatic carbocycles. The van der Waals surface area contributed by atoms with Gasteiger partial charge in [0, 0.05) is 6.54 Å². The Balaban J connectivity index is 3.52. The lowest BCUT2D eigenvalue weighted by molar-refractivity contribution is -0.122. The largest absolute Gasteiger partial charge is 0.393 e. The average molecular weight is 220 g/mol. The number of nitrogens with two attached hydrogens (primary N) is 1. The molecule has 0 aliphatic rings. The molecule has 4 nitrogen and oxygen atoms in total. The van der Waals surface area contributed by atoms with Gasteiger partial charge in [-0.1, -0.05) is 0 Å². The van der Waals surface area contributed by atoms with Gasteiger partial charge in [-0.25, -0.2) is 0 Å². The highest BCUT2D eigenvalue weighted by atomic mass is 32.2. The van der Waals surface area contributed by atoms with Crippen LogP contribution in [0.2, 0.25) is 0 Å². The predicted molar refractivity (Wildman–Crippen MR) is 60.3 cm³/mol. The van der Waals surface area contributed by atoms with Gasteiger partial charge in [0.1, 0.15) is 0 Å². The van der Waals surface area contributed by atoms with Crippen molar-refractivity contribution in [2.24, 2.45) is 5.73 Å². The molecule has 0 aromatic heterocycles. The molecule has 0 bridgehead atoms. The summed E-state index contributed by atoms with van der Waals surface area (Å²) in [6.07, 6.45) is 2.87. The topological polar surface area (TPSA) is 75.4 Å². The molecule has 0 saturated carbocycles. The zero-order valence-electron chi connectivity index (χ0n) is 8.82.